The summed E-state index contributed by atoms with van der Waals surface area (Å²) < 4.78 is 4.43. The SMILES string of the molecule is COC(=O)CC[C@H](NC(=O)NCc1nc(C)cs1)C(=O)O. The first kappa shape index (κ1) is 16.9. The Balaban J connectivity index is 2.41. The first-order chi connectivity index (χ1) is 9.92. The van der Waals surface area contributed by atoms with E-state index >= 15 is 0 Å². The van der Waals surface area contributed by atoms with Crippen molar-refractivity contribution < 1.29 is 24.2 Å². The summed E-state index contributed by atoms with van der Waals surface area (Å²) in [5.74, 6) is -1.74. The van der Waals surface area contributed by atoms with Crippen LogP contribution in [0, 0.1) is 6.92 Å². The van der Waals surface area contributed by atoms with E-state index in [0.29, 0.717) is 0 Å². The minimum Gasteiger partial charge on any atom is -0.480 e. The highest BCUT2D eigenvalue weighted by atomic mass is 32.1. The number of aliphatic carboxylic acids is 1. The molecule has 0 spiro atoms. The fourth-order valence-corrected chi connectivity index (χ4v) is 2.18. The summed E-state index contributed by atoms with van der Waals surface area (Å²) in [6.45, 7) is 2.06. The number of urea groups is 1. The average Bonchev–Trinajstić information content (AvgIpc) is 2.86. The zero-order chi connectivity index (χ0) is 15.8. The minimum atomic E-state index is -1.21. The van der Waals surface area contributed by atoms with E-state index in [1.54, 1.807) is 0 Å². The molecule has 3 N–H and O–H groups in total. The summed E-state index contributed by atoms with van der Waals surface area (Å²) >= 11 is 1.40. The predicted molar refractivity (Wildman–Crippen MR) is 74.9 cm³/mol. The van der Waals surface area contributed by atoms with Gasteiger partial charge in [-0.15, -0.1) is 11.3 Å². The molecule has 0 fully saturated rings. The molecule has 1 heterocycles. The third-order valence-electron chi connectivity index (χ3n) is 2.53. The maximum Gasteiger partial charge on any atom is 0.326 e. The molecule has 0 aliphatic heterocycles. The molecular weight excluding hydrogens is 298 g/mol. The van der Waals surface area contributed by atoms with E-state index in [0.717, 1.165) is 10.7 Å². The van der Waals surface area contributed by atoms with Gasteiger partial charge >= 0.3 is 18.0 Å². The van der Waals surface area contributed by atoms with Gasteiger partial charge in [0.05, 0.1) is 13.7 Å². The molecule has 0 radical (unpaired) electrons. The van der Waals surface area contributed by atoms with Crippen molar-refractivity contribution in [2.24, 2.45) is 0 Å². The molecule has 9 heteroatoms. The lowest BCUT2D eigenvalue weighted by molar-refractivity contribution is -0.142. The van der Waals surface area contributed by atoms with E-state index in [4.69, 9.17) is 5.11 Å². The van der Waals surface area contributed by atoms with Crippen LogP contribution in [-0.4, -0.2) is 41.2 Å². The van der Waals surface area contributed by atoms with Gasteiger partial charge in [0, 0.05) is 17.5 Å². The van der Waals surface area contributed by atoms with Gasteiger partial charge in [-0.2, -0.15) is 0 Å². The number of methoxy groups -OCH3 is 1. The summed E-state index contributed by atoms with van der Waals surface area (Å²) in [7, 11) is 1.22. The van der Waals surface area contributed by atoms with E-state index < -0.39 is 24.0 Å². The van der Waals surface area contributed by atoms with Crippen LogP contribution in [0.25, 0.3) is 0 Å². The molecule has 21 heavy (non-hydrogen) atoms. The second-order valence-corrected chi connectivity index (χ2v) is 5.16. The van der Waals surface area contributed by atoms with Gasteiger partial charge in [0.1, 0.15) is 11.0 Å². The highest BCUT2D eigenvalue weighted by Gasteiger charge is 2.21. The van der Waals surface area contributed by atoms with Crippen molar-refractivity contribution >= 4 is 29.3 Å². The molecule has 1 aromatic rings. The van der Waals surface area contributed by atoms with Crippen molar-refractivity contribution in [1.82, 2.24) is 15.6 Å². The normalized spacial score (nSPS) is 11.5. The Hall–Kier alpha value is -2.16. The lowest BCUT2D eigenvalue weighted by Gasteiger charge is -2.14. The maximum atomic E-state index is 11.6. The van der Waals surface area contributed by atoms with Gasteiger partial charge in [-0.25, -0.2) is 14.6 Å². The number of ether oxygens (including phenoxy) is 1. The molecule has 0 saturated heterocycles. The molecule has 0 aromatic carbocycles. The van der Waals surface area contributed by atoms with Gasteiger partial charge < -0.3 is 20.5 Å². The smallest absolute Gasteiger partial charge is 0.326 e. The average molecular weight is 315 g/mol. The number of thiazole rings is 1. The lowest BCUT2D eigenvalue weighted by Crippen LogP contribution is -2.46. The third kappa shape index (κ3) is 6.21. The van der Waals surface area contributed by atoms with Gasteiger partial charge in [-0.3, -0.25) is 4.79 Å². The summed E-state index contributed by atoms with van der Waals surface area (Å²) in [6, 6.07) is -1.78. The molecule has 1 aromatic heterocycles. The van der Waals surface area contributed by atoms with Crippen molar-refractivity contribution in [3.63, 3.8) is 0 Å². The third-order valence-corrected chi connectivity index (χ3v) is 3.50. The van der Waals surface area contributed by atoms with Crippen LogP contribution >= 0.6 is 11.3 Å². The zero-order valence-electron chi connectivity index (χ0n) is 11.7. The Morgan fingerprint density at radius 1 is 1.48 bits per heavy atom. The quantitative estimate of drug-likeness (QED) is 0.636. The lowest BCUT2D eigenvalue weighted by atomic mass is 10.1. The highest BCUT2D eigenvalue weighted by molar-refractivity contribution is 7.09. The number of aromatic nitrogens is 1. The first-order valence-electron chi connectivity index (χ1n) is 6.17. The summed E-state index contributed by atoms with van der Waals surface area (Å²) in [6.07, 6.45) is -0.120. The number of hydrogen-bond acceptors (Lipinski definition) is 6. The number of amides is 2. The first-order valence-corrected chi connectivity index (χ1v) is 7.05. The number of esters is 1. The number of hydrogen-bond donors (Lipinski definition) is 3. The van der Waals surface area contributed by atoms with Gasteiger partial charge in [0.15, 0.2) is 0 Å². The molecular formula is C12H17N3O5S. The predicted octanol–water partition coefficient (Wildman–Crippen LogP) is 0.657. The topological polar surface area (TPSA) is 118 Å². The molecule has 8 nitrogen and oxygen atoms in total. The maximum absolute atomic E-state index is 11.6. The minimum absolute atomic E-state index is 0.0359. The monoisotopic (exact) mass is 315 g/mol. The van der Waals surface area contributed by atoms with Crippen LogP contribution in [0.5, 0.6) is 0 Å². The van der Waals surface area contributed by atoms with Crippen molar-refractivity contribution in [3.05, 3.63) is 16.1 Å². The van der Waals surface area contributed by atoms with Crippen LogP contribution in [0.3, 0.4) is 0 Å². The van der Waals surface area contributed by atoms with Crippen LogP contribution in [0.2, 0.25) is 0 Å². The van der Waals surface area contributed by atoms with Gasteiger partial charge in [-0.1, -0.05) is 0 Å². The Labute approximate surface area is 125 Å². The molecule has 0 aliphatic carbocycles. The molecule has 2 amide bonds. The molecule has 0 bridgehead atoms. The molecule has 0 aliphatic rings. The van der Waals surface area contributed by atoms with Crippen molar-refractivity contribution in [2.75, 3.05) is 7.11 Å². The summed E-state index contributed by atoms with van der Waals surface area (Å²) in [5, 5.41) is 16.4. The Morgan fingerprint density at radius 3 is 2.71 bits per heavy atom. The number of aryl methyl sites for hydroxylation is 1. The van der Waals surface area contributed by atoms with Crippen molar-refractivity contribution in [1.29, 1.82) is 0 Å². The summed E-state index contributed by atoms with van der Waals surface area (Å²) in [5.41, 5.74) is 0.860. The summed E-state index contributed by atoms with van der Waals surface area (Å²) in [4.78, 5) is 37.8. The fourth-order valence-electron chi connectivity index (χ4n) is 1.47. The number of carbonyl (C=O) groups is 3. The van der Waals surface area contributed by atoms with Crippen LogP contribution in [0.1, 0.15) is 23.5 Å². The van der Waals surface area contributed by atoms with E-state index in [-0.39, 0.29) is 19.4 Å². The Morgan fingerprint density at radius 2 is 2.19 bits per heavy atom. The van der Waals surface area contributed by atoms with Crippen molar-refractivity contribution in [3.8, 4) is 0 Å². The van der Waals surface area contributed by atoms with Crippen LogP contribution in [-0.2, 0) is 20.9 Å². The number of nitrogens with zero attached hydrogens (tertiary/aromatic N) is 1. The second-order valence-electron chi connectivity index (χ2n) is 4.22. The van der Waals surface area contributed by atoms with Crippen molar-refractivity contribution in [2.45, 2.75) is 32.4 Å². The van der Waals surface area contributed by atoms with Crippen LogP contribution < -0.4 is 10.6 Å². The van der Waals surface area contributed by atoms with E-state index in [2.05, 4.69) is 20.4 Å². The zero-order valence-corrected chi connectivity index (χ0v) is 12.5. The molecule has 0 saturated carbocycles. The van der Waals surface area contributed by atoms with E-state index in [1.165, 1.54) is 18.4 Å². The van der Waals surface area contributed by atoms with E-state index in [1.807, 2.05) is 12.3 Å². The standard InChI is InChI=1S/C12H17N3O5S/c1-7-6-21-9(14-7)5-13-12(19)15-8(11(17)18)3-4-10(16)20-2/h6,8H,3-5H2,1-2H3,(H,17,18)(H2,13,15,19)/t8-/m0/s1. The van der Waals surface area contributed by atoms with Crippen LogP contribution in [0.15, 0.2) is 5.38 Å². The van der Waals surface area contributed by atoms with Gasteiger partial charge in [0.25, 0.3) is 0 Å². The van der Waals surface area contributed by atoms with Gasteiger partial charge in [0.2, 0.25) is 0 Å². The second kappa shape index (κ2) is 8.20. The molecule has 0 unspecified atom stereocenters. The Kier molecular flexibility index (Phi) is 6.60. The number of rotatable bonds is 7. The van der Waals surface area contributed by atoms with Crippen LogP contribution in [0.4, 0.5) is 4.79 Å². The van der Waals surface area contributed by atoms with Gasteiger partial charge in [-0.05, 0) is 13.3 Å². The number of carboxylic acids is 1. The largest absolute Gasteiger partial charge is 0.480 e. The highest BCUT2D eigenvalue weighted by Crippen LogP contribution is 2.07. The molecule has 116 valence electrons. The Bertz CT molecular complexity index is 517. The number of carbonyl (C=O) groups excluding carboxylic acids is 2. The molecule has 1 rings (SSSR count). The number of nitrogens with one attached hydrogen (secondary N) is 2. The number of carboxylic acid groups (broad SMARTS) is 1. The van der Waals surface area contributed by atoms with E-state index in [9.17, 15) is 14.4 Å². The molecule has 1 atom stereocenters. The fraction of sp³-hybridized carbons (Fsp3) is 0.500.